The number of nitrogens with one attached hydrogen (secondary N) is 2. The molecule has 0 saturated carbocycles. The average Bonchev–Trinajstić information content (AvgIpc) is 3.69. The van der Waals surface area contributed by atoms with Crippen LogP contribution in [-0.2, 0) is 0 Å². The third kappa shape index (κ3) is 4.11. The summed E-state index contributed by atoms with van der Waals surface area (Å²) in [7, 11) is 0. The summed E-state index contributed by atoms with van der Waals surface area (Å²) in [5.74, 6) is -0.913. The highest BCUT2D eigenvalue weighted by Gasteiger charge is 2.56. The van der Waals surface area contributed by atoms with E-state index >= 15 is 0 Å². The molecule has 8 aromatic rings. The van der Waals surface area contributed by atoms with Crippen molar-refractivity contribution >= 4 is 55.7 Å². The third-order valence-electron chi connectivity index (χ3n) is 9.95. The molecule has 0 fully saturated rings. The number of anilines is 6. The Morgan fingerprint density at radius 1 is 0.347 bits per heavy atom. The fraction of sp³-hybridized carbons (Fsp3) is 0.0222. The SMILES string of the molecule is c1ccc(-c2cc3c(cc2-c2ccccc2)NC2(N3)N(c3ccccc3)c3c(c4ccccc4c4ccccc34)N2c2ccccc2)cc1. The fourth-order valence-electron chi connectivity index (χ4n) is 7.92. The predicted octanol–water partition coefficient (Wildman–Crippen LogP) is 11.8. The molecule has 0 unspecified atom stereocenters. The molecule has 2 aliphatic rings. The summed E-state index contributed by atoms with van der Waals surface area (Å²) >= 11 is 0. The molecule has 2 heterocycles. The van der Waals surface area contributed by atoms with Gasteiger partial charge in [0.25, 0.3) is 5.91 Å². The summed E-state index contributed by atoms with van der Waals surface area (Å²) < 4.78 is 0. The van der Waals surface area contributed by atoms with E-state index in [4.69, 9.17) is 0 Å². The minimum atomic E-state index is -0.913. The van der Waals surface area contributed by atoms with E-state index in [2.05, 4.69) is 202 Å². The van der Waals surface area contributed by atoms with Crippen LogP contribution in [0.3, 0.4) is 0 Å². The molecule has 232 valence electrons. The third-order valence-corrected chi connectivity index (χ3v) is 9.95. The van der Waals surface area contributed by atoms with Crippen LogP contribution in [0, 0.1) is 0 Å². The zero-order valence-electron chi connectivity index (χ0n) is 26.7. The standard InChI is InChI=1S/C45H32N4/c1-5-17-31(18-6-1)39-29-41-42(30-40(39)32-19-7-2-8-20-32)47-45(46-41)48(33-21-9-3-10-22-33)43-37-27-15-13-25-35(37)36-26-14-16-28-38(36)44(43)49(45)34-23-11-4-12-24-34/h1-30,46-47H. The Morgan fingerprint density at radius 2 is 0.673 bits per heavy atom. The van der Waals surface area contributed by atoms with Gasteiger partial charge in [-0.05, 0) is 69.4 Å². The zero-order valence-corrected chi connectivity index (χ0v) is 26.7. The van der Waals surface area contributed by atoms with Gasteiger partial charge in [0.15, 0.2) is 0 Å². The first kappa shape index (κ1) is 27.6. The van der Waals surface area contributed by atoms with Crippen LogP contribution in [0.15, 0.2) is 182 Å². The van der Waals surface area contributed by atoms with Gasteiger partial charge in [0.1, 0.15) is 0 Å². The lowest BCUT2D eigenvalue weighted by atomic mass is 9.93. The number of rotatable bonds is 4. The lowest BCUT2D eigenvalue weighted by molar-refractivity contribution is 0.591. The van der Waals surface area contributed by atoms with Crippen molar-refractivity contribution in [2.45, 2.75) is 5.91 Å². The van der Waals surface area contributed by atoms with Crippen molar-refractivity contribution in [2.24, 2.45) is 0 Å². The summed E-state index contributed by atoms with van der Waals surface area (Å²) in [5, 5.41) is 13.1. The number of hydrogen-bond donors (Lipinski definition) is 2. The Labute approximate surface area is 285 Å². The quantitative estimate of drug-likeness (QED) is 0.190. The van der Waals surface area contributed by atoms with Gasteiger partial charge in [-0.15, -0.1) is 0 Å². The number of para-hydroxylation sites is 2. The van der Waals surface area contributed by atoms with Gasteiger partial charge < -0.3 is 10.6 Å². The lowest BCUT2D eigenvalue weighted by Crippen LogP contribution is -2.62. The average molecular weight is 629 g/mol. The second-order valence-corrected chi connectivity index (χ2v) is 12.7. The fourth-order valence-corrected chi connectivity index (χ4v) is 7.92. The molecular formula is C45H32N4. The van der Waals surface area contributed by atoms with Crippen molar-refractivity contribution in [3.05, 3.63) is 182 Å². The highest BCUT2D eigenvalue weighted by molar-refractivity contribution is 6.24. The molecule has 0 radical (unpaired) electrons. The highest BCUT2D eigenvalue weighted by Crippen LogP contribution is 2.60. The van der Waals surface area contributed by atoms with Crippen LogP contribution < -0.4 is 20.4 Å². The normalized spacial score (nSPS) is 14.1. The van der Waals surface area contributed by atoms with E-state index in [1.165, 1.54) is 43.8 Å². The van der Waals surface area contributed by atoms with E-state index in [0.29, 0.717) is 0 Å². The van der Waals surface area contributed by atoms with Crippen molar-refractivity contribution in [1.82, 2.24) is 0 Å². The maximum absolute atomic E-state index is 4.11. The van der Waals surface area contributed by atoms with Crippen molar-refractivity contribution in [2.75, 3.05) is 20.4 Å². The van der Waals surface area contributed by atoms with Crippen molar-refractivity contribution in [3.8, 4) is 22.3 Å². The second kappa shape index (κ2) is 10.8. The molecule has 0 saturated heterocycles. The summed E-state index contributed by atoms with van der Waals surface area (Å²) in [6.07, 6.45) is 0. The zero-order chi connectivity index (χ0) is 32.4. The Kier molecular flexibility index (Phi) is 6.06. The predicted molar refractivity (Wildman–Crippen MR) is 206 cm³/mol. The van der Waals surface area contributed by atoms with E-state index in [1.54, 1.807) is 0 Å². The second-order valence-electron chi connectivity index (χ2n) is 12.7. The van der Waals surface area contributed by atoms with Crippen molar-refractivity contribution < 1.29 is 0 Å². The van der Waals surface area contributed by atoms with E-state index in [0.717, 1.165) is 34.1 Å². The maximum Gasteiger partial charge on any atom is 0.282 e. The molecule has 8 aromatic carbocycles. The van der Waals surface area contributed by atoms with Crippen LogP contribution in [0.5, 0.6) is 0 Å². The molecule has 0 atom stereocenters. The molecule has 0 aromatic heterocycles. The molecule has 10 rings (SSSR count). The Hall–Kier alpha value is -6.52. The molecule has 4 nitrogen and oxygen atoms in total. The van der Waals surface area contributed by atoms with Crippen LogP contribution in [0.25, 0.3) is 43.8 Å². The van der Waals surface area contributed by atoms with Crippen LogP contribution in [-0.4, -0.2) is 5.91 Å². The van der Waals surface area contributed by atoms with Gasteiger partial charge >= 0.3 is 0 Å². The van der Waals surface area contributed by atoms with E-state index in [-0.39, 0.29) is 0 Å². The number of hydrogen-bond acceptors (Lipinski definition) is 4. The number of fused-ring (bicyclic) bond motifs is 7. The number of benzene rings is 8. The minimum absolute atomic E-state index is 0.913. The van der Waals surface area contributed by atoms with Crippen LogP contribution in [0.2, 0.25) is 0 Å². The van der Waals surface area contributed by atoms with Gasteiger partial charge in [0, 0.05) is 22.1 Å². The summed E-state index contributed by atoms with van der Waals surface area (Å²) in [6, 6.07) is 65.2. The molecule has 2 N–H and O–H groups in total. The molecule has 2 aliphatic heterocycles. The molecular weight excluding hydrogens is 597 g/mol. The monoisotopic (exact) mass is 628 g/mol. The van der Waals surface area contributed by atoms with E-state index in [1.807, 2.05) is 0 Å². The van der Waals surface area contributed by atoms with Gasteiger partial charge in [-0.1, -0.05) is 146 Å². The van der Waals surface area contributed by atoms with Crippen LogP contribution in [0.1, 0.15) is 0 Å². The van der Waals surface area contributed by atoms with E-state index < -0.39 is 5.91 Å². The van der Waals surface area contributed by atoms with Gasteiger partial charge in [-0.3, -0.25) is 9.80 Å². The van der Waals surface area contributed by atoms with Gasteiger partial charge in [-0.2, -0.15) is 0 Å². The Morgan fingerprint density at radius 3 is 1.06 bits per heavy atom. The first-order valence-corrected chi connectivity index (χ1v) is 16.8. The molecule has 4 heteroatoms. The Balaban J connectivity index is 1.30. The summed E-state index contributed by atoms with van der Waals surface area (Å²) in [6.45, 7) is 0. The van der Waals surface area contributed by atoms with Crippen LogP contribution in [0.4, 0.5) is 34.1 Å². The van der Waals surface area contributed by atoms with Gasteiger partial charge in [-0.25, -0.2) is 0 Å². The maximum atomic E-state index is 4.11. The van der Waals surface area contributed by atoms with Crippen molar-refractivity contribution in [3.63, 3.8) is 0 Å². The molecule has 49 heavy (non-hydrogen) atoms. The van der Waals surface area contributed by atoms with Crippen LogP contribution >= 0.6 is 0 Å². The van der Waals surface area contributed by atoms with Gasteiger partial charge in [0.2, 0.25) is 0 Å². The first-order chi connectivity index (χ1) is 24.3. The summed E-state index contributed by atoms with van der Waals surface area (Å²) in [5.41, 5.74) is 11.3. The highest BCUT2D eigenvalue weighted by atomic mass is 15.7. The van der Waals surface area contributed by atoms with E-state index in [9.17, 15) is 0 Å². The molecule has 0 aliphatic carbocycles. The lowest BCUT2D eigenvalue weighted by Gasteiger charge is -2.43. The smallest absolute Gasteiger partial charge is 0.282 e. The molecule has 1 spiro atoms. The molecule has 0 amide bonds. The largest absolute Gasteiger partial charge is 0.325 e. The molecule has 0 bridgehead atoms. The number of nitrogens with zero attached hydrogens (tertiary/aromatic N) is 2. The minimum Gasteiger partial charge on any atom is -0.325 e. The topological polar surface area (TPSA) is 30.5 Å². The Bertz CT molecular complexity index is 2320. The first-order valence-electron chi connectivity index (χ1n) is 16.8. The van der Waals surface area contributed by atoms with Gasteiger partial charge in [0.05, 0.1) is 22.7 Å². The summed E-state index contributed by atoms with van der Waals surface area (Å²) in [4.78, 5) is 4.93. The van der Waals surface area contributed by atoms with Crippen molar-refractivity contribution in [1.29, 1.82) is 0 Å².